The quantitative estimate of drug-likeness (QED) is 0.526. The first-order valence-electron chi connectivity index (χ1n) is 1.87. The topological polar surface area (TPSA) is 18.5 Å². The van der Waals surface area contributed by atoms with Gasteiger partial charge in [-0.15, -0.1) is 0 Å². The van der Waals surface area contributed by atoms with Crippen molar-refractivity contribution in [1.29, 1.82) is 0 Å². The van der Waals surface area contributed by atoms with Gasteiger partial charge in [-0.3, -0.25) is 0 Å². The third-order valence-corrected chi connectivity index (χ3v) is 3.45. The molecule has 0 rings (SSSR count). The van der Waals surface area contributed by atoms with Gasteiger partial charge in [0, 0.05) is 0 Å². The maximum absolute atomic E-state index is 4.86. The Morgan fingerprint density at radius 1 is 1.17 bits per heavy atom. The molecule has 6 heavy (non-hydrogen) atoms. The molecule has 0 atom stereocenters. The summed E-state index contributed by atoms with van der Waals surface area (Å²) in [6, 6.07) is 0. The van der Waals surface area contributed by atoms with Crippen LogP contribution in [0.1, 0.15) is 0 Å². The van der Waals surface area contributed by atoms with Crippen LogP contribution in [0.5, 0.6) is 0 Å². The maximum atomic E-state index is 4.86. The molecule has 0 fully saturated rings. The Morgan fingerprint density at radius 2 is 1.50 bits per heavy atom. The molecule has 0 saturated heterocycles. The molecule has 0 aromatic carbocycles. The molecule has 3 heteroatoms. The van der Waals surface area contributed by atoms with Gasteiger partial charge in [0.1, 0.15) is 0 Å². The summed E-state index contributed by atoms with van der Waals surface area (Å²) in [6.45, 7) is 0. The Morgan fingerprint density at radius 3 is 1.50 bits per heavy atom. The van der Waals surface area contributed by atoms with Crippen molar-refractivity contribution in [3.05, 3.63) is 0 Å². The zero-order valence-electron chi connectivity index (χ0n) is 4.39. The van der Waals surface area contributed by atoms with E-state index in [1.54, 1.807) is 14.2 Å². The summed E-state index contributed by atoms with van der Waals surface area (Å²) in [6.07, 6.45) is 0. The second-order valence-electron chi connectivity index (χ2n) is 1.04. The molecule has 0 aliphatic heterocycles. The van der Waals surface area contributed by atoms with Gasteiger partial charge < -0.3 is 0 Å². The summed E-state index contributed by atoms with van der Waals surface area (Å²) in [5, 5.41) is 0. The van der Waals surface area contributed by atoms with E-state index in [0.717, 1.165) is 0 Å². The number of rotatable bonds is 2. The van der Waals surface area contributed by atoms with Gasteiger partial charge in [0.15, 0.2) is 0 Å². The zero-order chi connectivity index (χ0) is 4.99. The van der Waals surface area contributed by atoms with E-state index in [-0.39, 0.29) is 0 Å². The van der Waals surface area contributed by atoms with Gasteiger partial charge >= 0.3 is 43.7 Å². The Labute approximate surface area is 44.3 Å². The zero-order valence-corrected chi connectivity index (χ0v) is 6.82. The van der Waals surface area contributed by atoms with Crippen LogP contribution in [0.3, 0.4) is 0 Å². The second kappa shape index (κ2) is 3.74. The minimum atomic E-state index is -1.54. The van der Waals surface area contributed by atoms with E-state index in [2.05, 4.69) is 0 Å². The summed E-state index contributed by atoms with van der Waals surface area (Å²) < 4.78 is 9.73. The molecule has 0 N–H and O–H groups in total. The molecule has 0 radical (unpaired) electrons. The van der Waals surface area contributed by atoms with Crippen LogP contribution in [0.2, 0.25) is 5.48 Å². The molecule has 0 saturated carbocycles. The Hall–Kier alpha value is 0.556. The molecule has 0 heterocycles. The van der Waals surface area contributed by atoms with Crippen LogP contribution < -0.4 is 0 Å². The van der Waals surface area contributed by atoms with E-state index < -0.39 is 16.9 Å². The molecule has 36 valence electrons. The first-order chi connectivity index (χ1) is 2.81. The average Bonchev–Trinajstić information content (AvgIpc) is 1.65. The van der Waals surface area contributed by atoms with Crippen molar-refractivity contribution in [1.82, 2.24) is 0 Å². The average molecular weight is 147 g/mol. The van der Waals surface area contributed by atoms with Crippen LogP contribution in [0.4, 0.5) is 0 Å². The molecule has 0 aromatic heterocycles. The van der Waals surface area contributed by atoms with Crippen LogP contribution in [0, 0.1) is 0 Å². The summed E-state index contributed by atoms with van der Waals surface area (Å²) in [4.78, 5) is 0. The fourth-order valence-electron chi connectivity index (χ4n) is 0.0962. The molecule has 2 nitrogen and oxygen atoms in total. The summed E-state index contributed by atoms with van der Waals surface area (Å²) in [7, 11) is 3.38. The Balaban J connectivity index is 2.75. The standard InChI is InChI=1S/2CH3O.CH3.Ga/c2*1-2;;/h2*1H3;1H3;/q2*-1;;+2. The van der Waals surface area contributed by atoms with Gasteiger partial charge in [0.2, 0.25) is 0 Å². The van der Waals surface area contributed by atoms with Gasteiger partial charge in [0.25, 0.3) is 0 Å². The predicted molar refractivity (Wildman–Crippen MR) is 25.6 cm³/mol. The van der Waals surface area contributed by atoms with Crippen molar-refractivity contribution in [2.45, 2.75) is 5.48 Å². The van der Waals surface area contributed by atoms with Crippen molar-refractivity contribution in [2.75, 3.05) is 14.2 Å². The third kappa shape index (κ3) is 2.78. The third-order valence-electron chi connectivity index (χ3n) is 0.664. The monoisotopic (exact) mass is 146 g/mol. The molecule has 0 unspecified atom stereocenters. The summed E-state index contributed by atoms with van der Waals surface area (Å²) in [5.74, 6) is 0. The fraction of sp³-hybridized carbons (Fsp3) is 1.00. The van der Waals surface area contributed by atoms with Crippen molar-refractivity contribution < 1.29 is 7.06 Å². The molecule has 0 spiro atoms. The molecular weight excluding hydrogens is 138 g/mol. The first-order valence-corrected chi connectivity index (χ1v) is 6.27. The second-order valence-corrected chi connectivity index (χ2v) is 5.40. The van der Waals surface area contributed by atoms with Crippen LogP contribution in [-0.2, 0) is 7.06 Å². The Kier molecular flexibility index (Phi) is 4.08. The van der Waals surface area contributed by atoms with E-state index in [4.69, 9.17) is 7.06 Å². The molecule has 0 bridgehead atoms. The molecule has 0 amide bonds. The van der Waals surface area contributed by atoms with Gasteiger partial charge in [0.05, 0.1) is 0 Å². The predicted octanol–water partition coefficient (Wildman–Crippen LogP) is 0.397. The first kappa shape index (κ1) is 6.56. The van der Waals surface area contributed by atoms with Crippen LogP contribution in [0.25, 0.3) is 0 Å². The van der Waals surface area contributed by atoms with E-state index in [0.29, 0.717) is 0 Å². The van der Waals surface area contributed by atoms with Gasteiger partial charge in [-0.05, 0) is 0 Å². The van der Waals surface area contributed by atoms with Crippen LogP contribution in [0.15, 0.2) is 0 Å². The molecule has 0 aliphatic rings. The number of hydrogen-bond acceptors (Lipinski definition) is 2. The van der Waals surface area contributed by atoms with Gasteiger partial charge in [-0.25, -0.2) is 0 Å². The minimum absolute atomic E-state index is 1.54. The van der Waals surface area contributed by atoms with Crippen molar-refractivity contribution >= 4 is 16.9 Å². The molecular formula is C3H9GaO2. The van der Waals surface area contributed by atoms with Crippen LogP contribution in [-0.4, -0.2) is 31.2 Å². The van der Waals surface area contributed by atoms with E-state index in [1.165, 1.54) is 0 Å². The normalized spacial score (nSPS) is 8.50. The molecule has 0 aromatic rings. The SMILES string of the molecule is C[O][Ga]([CH3])[O]C. The van der Waals surface area contributed by atoms with Crippen molar-refractivity contribution in [3.63, 3.8) is 0 Å². The van der Waals surface area contributed by atoms with E-state index >= 15 is 0 Å². The summed E-state index contributed by atoms with van der Waals surface area (Å²) >= 11 is -1.54. The Bertz CT molecular complexity index is 28.0. The fourth-order valence-corrected chi connectivity index (χ4v) is 0.500. The van der Waals surface area contributed by atoms with Crippen molar-refractivity contribution in [3.8, 4) is 0 Å². The summed E-state index contributed by atoms with van der Waals surface area (Å²) in [5.41, 5.74) is 2.02. The number of hydrogen-bond donors (Lipinski definition) is 0. The van der Waals surface area contributed by atoms with Crippen molar-refractivity contribution in [2.24, 2.45) is 0 Å². The van der Waals surface area contributed by atoms with Gasteiger partial charge in [-0.1, -0.05) is 0 Å². The van der Waals surface area contributed by atoms with Gasteiger partial charge in [-0.2, -0.15) is 0 Å². The van der Waals surface area contributed by atoms with E-state index in [1.807, 2.05) is 5.48 Å². The molecule has 0 aliphatic carbocycles. The van der Waals surface area contributed by atoms with Crippen LogP contribution >= 0.6 is 0 Å². The van der Waals surface area contributed by atoms with E-state index in [9.17, 15) is 0 Å².